The van der Waals surface area contributed by atoms with Gasteiger partial charge in [0, 0.05) is 17.2 Å². The first-order valence-corrected chi connectivity index (χ1v) is 7.48. The SMILES string of the molecule is COc1c[nH]c(=O)c2ccc(B3[B]C(C)(C)C(C)(C)O3)cc12. The molecule has 1 aliphatic rings. The minimum absolute atomic E-state index is 0.0229. The Balaban J connectivity index is 2.09. The molecular weight excluding hydrogens is 276 g/mol. The van der Waals surface area contributed by atoms with Gasteiger partial charge in [-0.05, 0) is 25.2 Å². The van der Waals surface area contributed by atoms with Crippen molar-refractivity contribution in [1.29, 1.82) is 0 Å². The standard InChI is InChI=1S/C16H20B2NO3/c1-15(2)16(3,4)22-18(17-15)10-6-7-11-12(8-10)13(21-5)9-19-14(11)20/h6-9H,1-5H3,(H,19,20). The van der Waals surface area contributed by atoms with Gasteiger partial charge in [0.15, 0.2) is 0 Å². The number of aromatic nitrogens is 1. The van der Waals surface area contributed by atoms with E-state index in [1.807, 2.05) is 18.2 Å². The zero-order valence-electron chi connectivity index (χ0n) is 13.7. The number of nitrogens with one attached hydrogen (secondary N) is 1. The smallest absolute Gasteiger partial charge is 0.280 e. The Bertz CT molecular complexity index is 767. The number of aromatic amines is 1. The molecule has 0 bridgehead atoms. The summed E-state index contributed by atoms with van der Waals surface area (Å²) in [4.78, 5) is 14.6. The van der Waals surface area contributed by atoms with E-state index in [4.69, 9.17) is 9.39 Å². The molecule has 1 aliphatic heterocycles. The quantitative estimate of drug-likeness (QED) is 0.862. The summed E-state index contributed by atoms with van der Waals surface area (Å²) < 4.78 is 11.6. The Morgan fingerprint density at radius 1 is 1.23 bits per heavy atom. The fourth-order valence-electron chi connectivity index (χ4n) is 2.84. The van der Waals surface area contributed by atoms with Gasteiger partial charge in [-0.2, -0.15) is 0 Å². The first-order chi connectivity index (χ1) is 10.2. The molecular formula is C16H20B2NO3. The van der Waals surface area contributed by atoms with E-state index in [9.17, 15) is 4.79 Å². The number of hydrogen-bond acceptors (Lipinski definition) is 3. The van der Waals surface area contributed by atoms with Gasteiger partial charge in [-0.25, -0.2) is 0 Å². The Kier molecular flexibility index (Phi) is 3.40. The van der Waals surface area contributed by atoms with Gasteiger partial charge in [0.2, 0.25) is 0 Å². The molecule has 113 valence electrons. The number of benzene rings is 1. The largest absolute Gasteiger partial charge is 0.495 e. The molecule has 2 aromatic rings. The van der Waals surface area contributed by atoms with Crippen molar-refractivity contribution in [1.82, 2.24) is 4.98 Å². The maximum absolute atomic E-state index is 11.9. The van der Waals surface area contributed by atoms with Gasteiger partial charge in [0.05, 0.1) is 12.5 Å². The van der Waals surface area contributed by atoms with E-state index in [0.29, 0.717) is 11.1 Å². The van der Waals surface area contributed by atoms with Crippen molar-refractivity contribution in [2.24, 2.45) is 0 Å². The van der Waals surface area contributed by atoms with Crippen LogP contribution >= 0.6 is 0 Å². The van der Waals surface area contributed by atoms with Crippen LogP contribution < -0.4 is 15.8 Å². The van der Waals surface area contributed by atoms with Crippen molar-refractivity contribution >= 4 is 30.2 Å². The van der Waals surface area contributed by atoms with Gasteiger partial charge in [0.25, 0.3) is 12.4 Å². The Morgan fingerprint density at radius 2 is 1.95 bits per heavy atom. The van der Waals surface area contributed by atoms with Crippen LogP contribution in [-0.4, -0.2) is 31.7 Å². The molecule has 1 saturated heterocycles. The number of pyridine rings is 1. The summed E-state index contributed by atoms with van der Waals surface area (Å²) in [6.07, 6.45) is 1.60. The molecule has 6 heteroatoms. The van der Waals surface area contributed by atoms with Crippen LogP contribution in [0.5, 0.6) is 5.75 Å². The molecule has 0 amide bonds. The molecule has 1 radical (unpaired) electrons. The molecule has 0 spiro atoms. The predicted molar refractivity (Wildman–Crippen MR) is 91.5 cm³/mol. The lowest BCUT2D eigenvalue weighted by atomic mass is 9.23. The first-order valence-electron chi connectivity index (χ1n) is 7.48. The third-order valence-electron chi connectivity index (χ3n) is 4.98. The summed E-state index contributed by atoms with van der Waals surface area (Å²) in [6, 6.07) is 5.78. The maximum Gasteiger partial charge on any atom is 0.280 e. The van der Waals surface area contributed by atoms with Crippen molar-refractivity contribution in [3.63, 3.8) is 0 Å². The lowest BCUT2D eigenvalue weighted by Gasteiger charge is -2.34. The number of rotatable bonds is 2. The third-order valence-corrected chi connectivity index (χ3v) is 4.98. The minimum Gasteiger partial charge on any atom is -0.495 e. The molecule has 1 fully saturated rings. The highest BCUT2D eigenvalue weighted by Gasteiger charge is 2.50. The number of H-pyrrole nitrogens is 1. The second-order valence-electron chi connectivity index (χ2n) is 6.93. The average molecular weight is 296 g/mol. The molecule has 0 saturated carbocycles. The van der Waals surface area contributed by atoms with Crippen LogP contribution in [-0.2, 0) is 4.65 Å². The van der Waals surface area contributed by atoms with Crippen LogP contribution in [0.25, 0.3) is 10.8 Å². The van der Waals surface area contributed by atoms with Gasteiger partial charge in [0.1, 0.15) is 12.9 Å². The topological polar surface area (TPSA) is 51.3 Å². The molecule has 3 rings (SSSR count). The van der Waals surface area contributed by atoms with E-state index in [1.54, 1.807) is 13.3 Å². The zero-order valence-corrected chi connectivity index (χ0v) is 13.7. The third kappa shape index (κ3) is 2.26. The Hall–Kier alpha value is -1.68. The van der Waals surface area contributed by atoms with E-state index in [0.717, 1.165) is 10.8 Å². The molecule has 0 aliphatic carbocycles. The molecule has 22 heavy (non-hydrogen) atoms. The summed E-state index contributed by atoms with van der Waals surface area (Å²) in [5, 5.41) is 1.41. The van der Waals surface area contributed by atoms with Gasteiger partial charge in [-0.15, -0.1) is 0 Å². The fraction of sp³-hybridized carbons (Fsp3) is 0.438. The van der Waals surface area contributed by atoms with Crippen molar-refractivity contribution in [2.75, 3.05) is 7.11 Å². The monoisotopic (exact) mass is 296 g/mol. The van der Waals surface area contributed by atoms with Crippen LogP contribution in [0.4, 0.5) is 0 Å². The van der Waals surface area contributed by atoms with E-state index < -0.39 is 0 Å². The molecule has 0 unspecified atom stereocenters. The highest BCUT2D eigenvalue weighted by molar-refractivity contribution is 7.18. The predicted octanol–water partition coefficient (Wildman–Crippen LogP) is 1.94. The van der Waals surface area contributed by atoms with Crippen LogP contribution in [0.15, 0.2) is 29.2 Å². The summed E-state index contributed by atoms with van der Waals surface area (Å²) in [5.74, 6) is 0.660. The first kappa shape index (κ1) is 15.2. The van der Waals surface area contributed by atoms with Crippen LogP contribution in [0.2, 0.25) is 5.31 Å². The van der Waals surface area contributed by atoms with Gasteiger partial charge in [-0.1, -0.05) is 31.4 Å². The second kappa shape index (κ2) is 4.92. The number of fused-ring (bicyclic) bond motifs is 1. The minimum atomic E-state index is -0.231. The van der Waals surface area contributed by atoms with E-state index in [1.165, 1.54) is 0 Å². The lowest BCUT2D eigenvalue weighted by Crippen LogP contribution is -2.36. The maximum atomic E-state index is 11.9. The lowest BCUT2D eigenvalue weighted by molar-refractivity contribution is 0.0881. The van der Waals surface area contributed by atoms with E-state index >= 15 is 0 Å². The molecule has 4 nitrogen and oxygen atoms in total. The Morgan fingerprint density at radius 3 is 2.55 bits per heavy atom. The van der Waals surface area contributed by atoms with Gasteiger partial charge < -0.3 is 14.4 Å². The van der Waals surface area contributed by atoms with Crippen molar-refractivity contribution in [3.05, 3.63) is 34.7 Å². The fourth-order valence-corrected chi connectivity index (χ4v) is 2.84. The molecule has 1 aromatic carbocycles. The van der Waals surface area contributed by atoms with Crippen molar-refractivity contribution in [3.8, 4) is 5.75 Å². The Labute approximate surface area is 131 Å². The van der Waals surface area contributed by atoms with Gasteiger partial charge >= 0.3 is 0 Å². The average Bonchev–Trinajstić information content (AvgIpc) is 2.68. The van der Waals surface area contributed by atoms with E-state index in [-0.39, 0.29) is 23.3 Å². The van der Waals surface area contributed by atoms with Crippen molar-refractivity contribution < 1.29 is 9.39 Å². The summed E-state index contributed by atoms with van der Waals surface area (Å²) in [5.41, 5.74) is 0.694. The number of ether oxygens (including phenoxy) is 1. The number of methoxy groups -OCH3 is 1. The van der Waals surface area contributed by atoms with Crippen LogP contribution in [0, 0.1) is 0 Å². The number of hydrogen-bond donors (Lipinski definition) is 1. The summed E-state index contributed by atoms with van der Waals surface area (Å²) in [7, 11) is 3.83. The van der Waals surface area contributed by atoms with Crippen molar-refractivity contribution in [2.45, 2.75) is 38.6 Å². The highest BCUT2D eigenvalue weighted by Crippen LogP contribution is 2.45. The molecule has 0 atom stereocenters. The molecule has 2 heterocycles. The molecule has 1 aromatic heterocycles. The van der Waals surface area contributed by atoms with Crippen LogP contribution in [0.3, 0.4) is 0 Å². The van der Waals surface area contributed by atoms with E-state index in [2.05, 4.69) is 39.8 Å². The van der Waals surface area contributed by atoms with Crippen LogP contribution in [0.1, 0.15) is 27.7 Å². The summed E-state index contributed by atoms with van der Waals surface area (Å²) in [6.45, 7) is 8.49. The zero-order chi connectivity index (χ0) is 16.1. The second-order valence-corrected chi connectivity index (χ2v) is 6.93. The van der Waals surface area contributed by atoms with Gasteiger partial charge in [-0.3, -0.25) is 4.79 Å². The highest BCUT2D eigenvalue weighted by atomic mass is 16.5. The molecule has 1 N–H and O–H groups in total. The summed E-state index contributed by atoms with van der Waals surface area (Å²) >= 11 is 0. The normalized spacial score (nSPS) is 19.2.